The van der Waals surface area contributed by atoms with Gasteiger partial charge in [0, 0.05) is 0 Å². The summed E-state index contributed by atoms with van der Waals surface area (Å²) in [5, 5.41) is 12.3. The fraction of sp³-hybridized carbons (Fsp3) is 0.300. The lowest BCUT2D eigenvalue weighted by molar-refractivity contribution is 0.596. The molecular weight excluding hydrogens is 290 g/mol. The second-order valence-corrected chi connectivity index (χ2v) is 7.50. The molecule has 104 valence electrons. The number of sulfonamides is 2. The third kappa shape index (κ3) is 3.66. The molecule has 0 aliphatic rings. The molecule has 7 nitrogen and oxygen atoms in total. The standard InChI is InChI=1S/C10H13N3O4S2/c1-7-5-9(18(12,14)15)3-4-10(7)13-19(16,17)8(2)6-11/h3-5,8,13H,1-2H3,(H2,12,14,15). The first-order chi connectivity index (χ1) is 8.58. The smallest absolute Gasteiger partial charge is 0.248 e. The number of aryl methyl sites for hydroxylation is 1. The molecule has 0 aliphatic heterocycles. The molecule has 0 spiro atoms. The minimum atomic E-state index is -3.84. The van der Waals surface area contributed by atoms with Crippen LogP contribution in [0.15, 0.2) is 23.1 Å². The molecule has 0 aliphatic carbocycles. The fourth-order valence-electron chi connectivity index (χ4n) is 1.24. The Hall–Kier alpha value is -1.63. The summed E-state index contributed by atoms with van der Waals surface area (Å²) < 4.78 is 47.9. The first kappa shape index (κ1) is 15.4. The van der Waals surface area contributed by atoms with Crippen LogP contribution in [0.1, 0.15) is 12.5 Å². The summed E-state index contributed by atoms with van der Waals surface area (Å²) in [7, 11) is -7.66. The molecule has 3 N–H and O–H groups in total. The predicted octanol–water partition coefficient (Wildman–Crippen LogP) is 0.296. The first-order valence-electron chi connectivity index (χ1n) is 5.12. The summed E-state index contributed by atoms with van der Waals surface area (Å²) in [4.78, 5) is -0.110. The number of nitrogens with two attached hydrogens (primary N) is 1. The van der Waals surface area contributed by atoms with E-state index < -0.39 is 25.3 Å². The Labute approximate surface area is 112 Å². The van der Waals surface area contributed by atoms with Gasteiger partial charge in [0.25, 0.3) is 0 Å². The second kappa shape index (κ2) is 5.16. The van der Waals surface area contributed by atoms with E-state index in [2.05, 4.69) is 4.72 Å². The number of primary sulfonamides is 1. The van der Waals surface area contributed by atoms with E-state index >= 15 is 0 Å². The lowest BCUT2D eigenvalue weighted by Crippen LogP contribution is -2.24. The van der Waals surface area contributed by atoms with Gasteiger partial charge in [0.15, 0.2) is 5.25 Å². The van der Waals surface area contributed by atoms with Crippen LogP contribution in [0.4, 0.5) is 5.69 Å². The molecule has 1 unspecified atom stereocenters. The number of nitrogens with zero attached hydrogens (tertiary/aromatic N) is 1. The molecule has 0 heterocycles. The molecule has 0 fully saturated rings. The zero-order chi connectivity index (χ0) is 14.8. The van der Waals surface area contributed by atoms with Crippen LogP contribution in [0.5, 0.6) is 0 Å². The molecule has 19 heavy (non-hydrogen) atoms. The van der Waals surface area contributed by atoms with Crippen molar-refractivity contribution in [1.82, 2.24) is 0 Å². The predicted molar refractivity (Wildman–Crippen MR) is 70.2 cm³/mol. The van der Waals surface area contributed by atoms with E-state index in [1.165, 1.54) is 32.0 Å². The Bertz CT molecular complexity index is 733. The van der Waals surface area contributed by atoms with Gasteiger partial charge >= 0.3 is 0 Å². The first-order valence-corrected chi connectivity index (χ1v) is 8.22. The van der Waals surface area contributed by atoms with Gasteiger partial charge in [0.05, 0.1) is 16.7 Å². The van der Waals surface area contributed by atoms with E-state index in [-0.39, 0.29) is 10.6 Å². The Balaban J connectivity index is 3.17. The van der Waals surface area contributed by atoms with E-state index in [1.54, 1.807) is 6.07 Å². The summed E-state index contributed by atoms with van der Waals surface area (Å²) in [6, 6.07) is 5.35. The molecule has 0 radical (unpaired) electrons. The second-order valence-electron chi connectivity index (χ2n) is 3.94. The van der Waals surface area contributed by atoms with Crippen molar-refractivity contribution < 1.29 is 16.8 Å². The normalized spacial score (nSPS) is 13.6. The Morgan fingerprint density at radius 3 is 2.32 bits per heavy atom. The quantitative estimate of drug-likeness (QED) is 0.825. The molecule has 1 rings (SSSR count). The Kier molecular flexibility index (Phi) is 4.19. The topological polar surface area (TPSA) is 130 Å². The lowest BCUT2D eigenvalue weighted by Gasteiger charge is -2.12. The van der Waals surface area contributed by atoms with Crippen LogP contribution >= 0.6 is 0 Å². The fourth-order valence-corrected chi connectivity index (χ4v) is 2.69. The number of benzene rings is 1. The van der Waals surface area contributed by atoms with E-state index in [9.17, 15) is 16.8 Å². The zero-order valence-electron chi connectivity index (χ0n) is 10.3. The highest BCUT2D eigenvalue weighted by Crippen LogP contribution is 2.20. The Morgan fingerprint density at radius 2 is 1.89 bits per heavy atom. The zero-order valence-corrected chi connectivity index (χ0v) is 11.9. The maximum atomic E-state index is 11.7. The van der Waals surface area contributed by atoms with Gasteiger partial charge in [-0.15, -0.1) is 0 Å². The molecule has 0 bridgehead atoms. The van der Waals surface area contributed by atoms with Crippen LogP contribution in [0.3, 0.4) is 0 Å². The monoisotopic (exact) mass is 303 g/mol. The van der Waals surface area contributed by atoms with Gasteiger partial charge in [-0.3, -0.25) is 4.72 Å². The summed E-state index contributed by atoms with van der Waals surface area (Å²) in [6.45, 7) is 2.78. The highest BCUT2D eigenvalue weighted by Gasteiger charge is 2.21. The third-order valence-corrected chi connectivity index (χ3v) is 4.88. The maximum absolute atomic E-state index is 11.7. The average molecular weight is 303 g/mol. The lowest BCUT2D eigenvalue weighted by atomic mass is 10.2. The molecule has 0 aromatic heterocycles. The van der Waals surface area contributed by atoms with Crippen molar-refractivity contribution in [3.8, 4) is 6.07 Å². The van der Waals surface area contributed by atoms with Gasteiger partial charge in [-0.1, -0.05) is 0 Å². The number of hydrogen-bond donors (Lipinski definition) is 2. The van der Waals surface area contributed by atoms with Crippen molar-refractivity contribution in [2.75, 3.05) is 4.72 Å². The molecule has 1 atom stereocenters. The minimum absolute atomic E-state index is 0.110. The summed E-state index contributed by atoms with van der Waals surface area (Å²) in [5.74, 6) is 0. The molecular formula is C10H13N3O4S2. The average Bonchev–Trinajstić information content (AvgIpc) is 2.29. The number of nitriles is 1. The van der Waals surface area contributed by atoms with Crippen LogP contribution in [-0.2, 0) is 20.0 Å². The van der Waals surface area contributed by atoms with Gasteiger partial charge in [-0.25, -0.2) is 22.0 Å². The molecule has 1 aromatic rings. The number of hydrogen-bond acceptors (Lipinski definition) is 5. The van der Waals surface area contributed by atoms with Crippen LogP contribution < -0.4 is 9.86 Å². The van der Waals surface area contributed by atoms with Crippen molar-refractivity contribution in [1.29, 1.82) is 5.26 Å². The molecule has 0 saturated heterocycles. The van der Waals surface area contributed by atoms with Gasteiger partial charge in [0.2, 0.25) is 20.0 Å². The third-order valence-electron chi connectivity index (χ3n) is 2.43. The van der Waals surface area contributed by atoms with E-state index in [0.29, 0.717) is 5.56 Å². The van der Waals surface area contributed by atoms with Crippen molar-refractivity contribution in [3.05, 3.63) is 23.8 Å². The maximum Gasteiger partial charge on any atom is 0.248 e. The van der Waals surface area contributed by atoms with E-state index in [4.69, 9.17) is 10.4 Å². The minimum Gasteiger partial charge on any atom is -0.282 e. The summed E-state index contributed by atoms with van der Waals surface area (Å²) >= 11 is 0. The molecule has 9 heteroatoms. The van der Waals surface area contributed by atoms with Crippen LogP contribution in [0, 0.1) is 18.3 Å². The van der Waals surface area contributed by atoms with Crippen molar-refractivity contribution >= 4 is 25.7 Å². The summed E-state index contributed by atoms with van der Waals surface area (Å²) in [6.07, 6.45) is 0. The van der Waals surface area contributed by atoms with Crippen molar-refractivity contribution in [3.63, 3.8) is 0 Å². The van der Waals surface area contributed by atoms with Gasteiger partial charge < -0.3 is 0 Å². The van der Waals surface area contributed by atoms with Crippen molar-refractivity contribution in [2.24, 2.45) is 5.14 Å². The Morgan fingerprint density at radius 1 is 1.32 bits per heavy atom. The number of nitrogens with one attached hydrogen (secondary N) is 1. The highest BCUT2D eigenvalue weighted by atomic mass is 32.2. The highest BCUT2D eigenvalue weighted by molar-refractivity contribution is 7.93. The van der Waals surface area contributed by atoms with E-state index in [0.717, 1.165) is 0 Å². The molecule has 0 saturated carbocycles. The molecule has 0 amide bonds. The SMILES string of the molecule is Cc1cc(S(N)(=O)=O)ccc1NS(=O)(=O)C(C)C#N. The van der Waals surface area contributed by atoms with Crippen LogP contribution in [-0.4, -0.2) is 22.1 Å². The van der Waals surface area contributed by atoms with Gasteiger partial charge in [-0.05, 0) is 37.6 Å². The van der Waals surface area contributed by atoms with E-state index in [1.807, 2.05) is 0 Å². The number of anilines is 1. The summed E-state index contributed by atoms with van der Waals surface area (Å²) in [5.41, 5.74) is 0.592. The molecule has 1 aromatic carbocycles. The van der Waals surface area contributed by atoms with Gasteiger partial charge in [0.1, 0.15) is 0 Å². The number of rotatable bonds is 4. The van der Waals surface area contributed by atoms with Crippen LogP contribution in [0.25, 0.3) is 0 Å². The largest absolute Gasteiger partial charge is 0.282 e. The van der Waals surface area contributed by atoms with Crippen molar-refractivity contribution in [2.45, 2.75) is 24.0 Å². The van der Waals surface area contributed by atoms with Crippen LogP contribution in [0.2, 0.25) is 0 Å². The van der Waals surface area contributed by atoms with Gasteiger partial charge in [-0.2, -0.15) is 5.26 Å².